The van der Waals surface area contributed by atoms with Crippen molar-refractivity contribution in [1.29, 1.82) is 0 Å². The molecule has 2 aliphatic rings. The predicted molar refractivity (Wildman–Crippen MR) is 146 cm³/mol. The number of nitrogens with one attached hydrogen (secondary N) is 3. The Morgan fingerprint density at radius 3 is 2.44 bits per heavy atom. The monoisotopic (exact) mass is 529 g/mol. The van der Waals surface area contributed by atoms with Crippen LogP contribution >= 0.6 is 11.3 Å². The van der Waals surface area contributed by atoms with E-state index in [1.165, 1.54) is 12.7 Å². The van der Waals surface area contributed by atoms with Gasteiger partial charge in [0, 0.05) is 23.8 Å². The highest BCUT2D eigenvalue weighted by molar-refractivity contribution is 7.88. The second kappa shape index (κ2) is 9.50. The van der Waals surface area contributed by atoms with Gasteiger partial charge in [-0.25, -0.2) is 23.1 Å². The van der Waals surface area contributed by atoms with Crippen LogP contribution in [-0.2, 0) is 10.0 Å². The van der Waals surface area contributed by atoms with Gasteiger partial charge in [-0.3, -0.25) is 4.98 Å². The maximum atomic E-state index is 11.9. The number of sulfonamides is 1. The number of nitrogens with zero attached hydrogens (tertiary/aromatic N) is 4. The van der Waals surface area contributed by atoms with Gasteiger partial charge in [-0.2, -0.15) is 4.98 Å². The van der Waals surface area contributed by atoms with E-state index in [-0.39, 0.29) is 12.0 Å². The standard InChI is InChI=1S/C25H35N7O2S2/c1-14-20(23-30-21-15(2)26-12-11-19(21)35-23)22(31-24(27-14)29-17-7-6-8-17)28-18-10-9-16(13-18)25(3,4)32-36(5,33)34/h11-12,16-18,32H,6-10,13H2,1-5H3,(H2,27,28,29,31). The molecule has 0 aromatic carbocycles. The summed E-state index contributed by atoms with van der Waals surface area (Å²) in [4.78, 5) is 19.1. The number of pyridine rings is 1. The van der Waals surface area contributed by atoms with Crippen molar-refractivity contribution in [2.24, 2.45) is 5.92 Å². The minimum atomic E-state index is -3.29. The van der Waals surface area contributed by atoms with E-state index in [0.29, 0.717) is 12.0 Å². The van der Waals surface area contributed by atoms with Gasteiger partial charge in [0.1, 0.15) is 16.3 Å². The van der Waals surface area contributed by atoms with Crippen LogP contribution in [0.4, 0.5) is 11.8 Å². The topological polar surface area (TPSA) is 122 Å². The van der Waals surface area contributed by atoms with Crippen LogP contribution in [0.1, 0.15) is 63.8 Å². The molecule has 2 aliphatic carbocycles. The van der Waals surface area contributed by atoms with Crippen molar-refractivity contribution < 1.29 is 8.42 Å². The third kappa shape index (κ3) is 5.33. The summed E-state index contributed by atoms with van der Waals surface area (Å²) in [5.74, 6) is 1.66. The van der Waals surface area contributed by atoms with E-state index < -0.39 is 15.6 Å². The van der Waals surface area contributed by atoms with Crippen molar-refractivity contribution in [2.45, 2.75) is 83.8 Å². The molecule has 3 N–H and O–H groups in total. The summed E-state index contributed by atoms with van der Waals surface area (Å²) in [7, 11) is -3.29. The highest BCUT2D eigenvalue weighted by Gasteiger charge is 2.38. The fourth-order valence-electron chi connectivity index (χ4n) is 5.34. The van der Waals surface area contributed by atoms with Crippen molar-refractivity contribution in [3.8, 4) is 10.6 Å². The number of aromatic nitrogens is 4. The second-order valence-corrected chi connectivity index (χ2v) is 13.6. The van der Waals surface area contributed by atoms with Gasteiger partial charge in [0.25, 0.3) is 0 Å². The fraction of sp³-hybridized carbons (Fsp3) is 0.600. The highest BCUT2D eigenvalue weighted by Crippen LogP contribution is 2.40. The Hall–Kier alpha value is -2.37. The van der Waals surface area contributed by atoms with E-state index in [1.807, 2.05) is 40.0 Å². The first-order valence-electron chi connectivity index (χ1n) is 12.6. The number of anilines is 2. The van der Waals surface area contributed by atoms with Gasteiger partial charge in [-0.1, -0.05) is 0 Å². The van der Waals surface area contributed by atoms with Gasteiger partial charge < -0.3 is 10.6 Å². The molecule has 3 aromatic rings. The van der Waals surface area contributed by atoms with E-state index in [0.717, 1.165) is 70.1 Å². The third-order valence-corrected chi connectivity index (χ3v) is 9.41. The molecule has 0 aliphatic heterocycles. The average molecular weight is 530 g/mol. The molecule has 2 fully saturated rings. The SMILES string of the molecule is Cc1nc(NC2CCC2)nc(NC2CCC(C(C)(C)NS(C)(=O)=O)C2)c1-c1nc2c(C)nccc2s1. The Morgan fingerprint density at radius 2 is 1.78 bits per heavy atom. The lowest BCUT2D eigenvalue weighted by molar-refractivity contribution is 0.296. The molecule has 9 nitrogen and oxygen atoms in total. The Labute approximate surface area is 217 Å². The zero-order valence-corrected chi connectivity index (χ0v) is 23.2. The zero-order chi connectivity index (χ0) is 25.7. The van der Waals surface area contributed by atoms with Crippen molar-refractivity contribution in [2.75, 3.05) is 16.9 Å². The van der Waals surface area contributed by atoms with E-state index in [2.05, 4.69) is 20.3 Å². The Kier molecular flexibility index (Phi) is 6.67. The van der Waals surface area contributed by atoms with Crippen molar-refractivity contribution >= 4 is 43.3 Å². The molecule has 0 radical (unpaired) electrons. The predicted octanol–water partition coefficient (Wildman–Crippen LogP) is 4.64. The maximum absolute atomic E-state index is 11.9. The van der Waals surface area contributed by atoms with Crippen LogP contribution in [0.2, 0.25) is 0 Å². The summed E-state index contributed by atoms with van der Waals surface area (Å²) in [6.07, 6.45) is 9.29. The molecule has 3 heterocycles. The Bertz CT molecular complexity index is 1380. The van der Waals surface area contributed by atoms with Gasteiger partial charge in [0.15, 0.2) is 0 Å². The van der Waals surface area contributed by atoms with Gasteiger partial charge >= 0.3 is 0 Å². The third-order valence-electron chi connectivity index (χ3n) is 7.47. The first kappa shape index (κ1) is 25.3. The number of fused-ring (bicyclic) bond motifs is 1. The highest BCUT2D eigenvalue weighted by atomic mass is 32.2. The second-order valence-electron chi connectivity index (χ2n) is 10.8. The minimum absolute atomic E-state index is 0.179. The molecule has 0 amide bonds. The zero-order valence-electron chi connectivity index (χ0n) is 21.6. The van der Waals surface area contributed by atoms with Gasteiger partial charge in [0.05, 0.1) is 27.9 Å². The largest absolute Gasteiger partial charge is 0.367 e. The summed E-state index contributed by atoms with van der Waals surface area (Å²) < 4.78 is 27.7. The number of aryl methyl sites for hydroxylation is 2. The smallest absolute Gasteiger partial charge is 0.225 e. The molecule has 0 saturated heterocycles. The summed E-state index contributed by atoms with van der Waals surface area (Å²) >= 11 is 1.63. The van der Waals surface area contributed by atoms with Gasteiger partial charge in [-0.15, -0.1) is 11.3 Å². The lowest BCUT2D eigenvalue weighted by Crippen LogP contribution is -2.48. The minimum Gasteiger partial charge on any atom is -0.367 e. The number of hydrogen-bond acceptors (Lipinski definition) is 9. The molecule has 36 heavy (non-hydrogen) atoms. The van der Waals surface area contributed by atoms with E-state index >= 15 is 0 Å². The normalized spacial score (nSPS) is 21.0. The van der Waals surface area contributed by atoms with Crippen LogP contribution in [0, 0.1) is 19.8 Å². The molecule has 2 unspecified atom stereocenters. The van der Waals surface area contributed by atoms with E-state index in [4.69, 9.17) is 15.0 Å². The van der Waals surface area contributed by atoms with Crippen LogP contribution in [0.15, 0.2) is 12.3 Å². The van der Waals surface area contributed by atoms with E-state index in [1.54, 1.807) is 11.3 Å². The Balaban J connectivity index is 1.46. The van der Waals surface area contributed by atoms with E-state index in [9.17, 15) is 8.42 Å². The molecule has 0 spiro atoms. The number of hydrogen-bond donors (Lipinski definition) is 3. The maximum Gasteiger partial charge on any atom is 0.225 e. The summed E-state index contributed by atoms with van der Waals surface area (Å²) in [6.45, 7) is 7.94. The first-order valence-corrected chi connectivity index (χ1v) is 15.3. The van der Waals surface area contributed by atoms with Crippen LogP contribution < -0.4 is 15.4 Å². The quantitative estimate of drug-likeness (QED) is 0.386. The molecule has 11 heteroatoms. The van der Waals surface area contributed by atoms with Gasteiger partial charge in [0.2, 0.25) is 16.0 Å². The van der Waals surface area contributed by atoms with Crippen molar-refractivity contribution in [1.82, 2.24) is 24.7 Å². The van der Waals surface area contributed by atoms with Crippen molar-refractivity contribution in [3.05, 3.63) is 23.7 Å². The molecular formula is C25H35N7O2S2. The van der Waals surface area contributed by atoms with Crippen LogP contribution in [0.5, 0.6) is 0 Å². The molecule has 2 atom stereocenters. The summed E-state index contributed by atoms with van der Waals surface area (Å²) in [5.41, 5.74) is 3.11. The lowest BCUT2D eigenvalue weighted by Gasteiger charge is -2.32. The van der Waals surface area contributed by atoms with Crippen LogP contribution in [0.25, 0.3) is 20.8 Å². The number of rotatable bonds is 8. The fourth-order valence-corrected chi connectivity index (χ4v) is 7.58. The summed E-state index contributed by atoms with van der Waals surface area (Å²) in [5, 5.41) is 8.08. The molecule has 5 rings (SSSR count). The Morgan fingerprint density at radius 1 is 1.00 bits per heavy atom. The molecule has 2 saturated carbocycles. The molecule has 194 valence electrons. The molecule has 3 aromatic heterocycles. The average Bonchev–Trinajstić information content (AvgIpc) is 3.37. The van der Waals surface area contributed by atoms with Gasteiger partial charge in [-0.05, 0) is 78.2 Å². The molecular weight excluding hydrogens is 494 g/mol. The summed E-state index contributed by atoms with van der Waals surface area (Å²) in [6, 6.07) is 2.61. The van der Waals surface area contributed by atoms with Crippen molar-refractivity contribution in [3.63, 3.8) is 0 Å². The first-order chi connectivity index (χ1) is 17.0. The van der Waals surface area contributed by atoms with Crippen LogP contribution in [-0.4, -0.2) is 52.2 Å². The lowest BCUT2D eigenvalue weighted by atomic mass is 9.87. The number of thiazole rings is 1. The van der Waals surface area contributed by atoms with Crippen LogP contribution in [0.3, 0.4) is 0 Å². The molecule has 0 bridgehead atoms.